The molecule has 5 nitrogen and oxygen atoms in total. The summed E-state index contributed by atoms with van der Waals surface area (Å²) in [6.45, 7) is 0. The average molecular weight is 310 g/mol. The van der Waals surface area contributed by atoms with E-state index in [0.29, 0.717) is 5.69 Å². The number of sulfone groups is 1. The molecule has 7 heteroatoms. The number of rotatable bonds is 4. The quantitative estimate of drug-likeness (QED) is 0.901. The van der Waals surface area contributed by atoms with E-state index in [4.69, 9.17) is 5.73 Å². The first-order chi connectivity index (χ1) is 9.38. The highest BCUT2D eigenvalue weighted by atomic mass is 32.2. The molecule has 0 radical (unpaired) electrons. The number of carbonyl (C=O) groups is 1. The predicted octanol–water partition coefficient (Wildman–Crippen LogP) is 1.79. The van der Waals surface area contributed by atoms with E-state index in [2.05, 4.69) is 5.32 Å². The number of hydrogen-bond donors (Lipinski definition) is 2. The second kappa shape index (κ2) is 5.74. The second-order valence-corrected chi connectivity index (χ2v) is 7.28. The first-order valence-electron chi connectivity index (χ1n) is 5.78. The fourth-order valence-electron chi connectivity index (χ4n) is 1.62. The Balaban J connectivity index is 2.16. The standard InChI is InChI=1S/C13H14N2O3S2/c1-20(17,18)10-5-2-4-9(8-10)15-13(16)12(14)11-6-3-7-19-11/h2-8,12H,14H2,1H3,(H,15,16). The molecule has 2 rings (SSSR count). The van der Waals surface area contributed by atoms with E-state index in [1.807, 2.05) is 11.4 Å². The number of benzene rings is 1. The number of nitrogens with one attached hydrogen (secondary N) is 1. The van der Waals surface area contributed by atoms with E-state index in [1.54, 1.807) is 18.2 Å². The van der Waals surface area contributed by atoms with Crippen LogP contribution < -0.4 is 11.1 Å². The third kappa shape index (κ3) is 3.44. The molecule has 0 bridgehead atoms. The van der Waals surface area contributed by atoms with Gasteiger partial charge in [-0.15, -0.1) is 11.3 Å². The van der Waals surface area contributed by atoms with Crippen LogP contribution in [0.2, 0.25) is 0 Å². The maximum atomic E-state index is 12.0. The van der Waals surface area contributed by atoms with Crippen molar-refractivity contribution in [1.29, 1.82) is 0 Å². The van der Waals surface area contributed by atoms with Crippen LogP contribution in [-0.2, 0) is 14.6 Å². The Kier molecular flexibility index (Phi) is 4.22. The summed E-state index contributed by atoms with van der Waals surface area (Å²) in [7, 11) is -3.31. The van der Waals surface area contributed by atoms with E-state index < -0.39 is 15.9 Å². The highest BCUT2D eigenvalue weighted by Crippen LogP contribution is 2.20. The molecule has 3 N–H and O–H groups in total. The summed E-state index contributed by atoms with van der Waals surface area (Å²) in [5.74, 6) is -0.377. The monoisotopic (exact) mass is 310 g/mol. The predicted molar refractivity (Wildman–Crippen MR) is 79.4 cm³/mol. The fraction of sp³-hybridized carbons (Fsp3) is 0.154. The smallest absolute Gasteiger partial charge is 0.246 e. The first-order valence-corrected chi connectivity index (χ1v) is 8.55. The van der Waals surface area contributed by atoms with Crippen LogP contribution >= 0.6 is 11.3 Å². The molecular weight excluding hydrogens is 296 g/mol. The van der Waals surface area contributed by atoms with Crippen molar-refractivity contribution in [2.75, 3.05) is 11.6 Å². The van der Waals surface area contributed by atoms with Crippen LogP contribution in [0.25, 0.3) is 0 Å². The molecule has 0 fully saturated rings. The molecule has 20 heavy (non-hydrogen) atoms. The molecule has 0 aliphatic rings. The molecule has 1 aromatic carbocycles. The van der Waals surface area contributed by atoms with E-state index in [-0.39, 0.29) is 10.8 Å². The molecule has 0 saturated carbocycles. The number of nitrogens with two attached hydrogens (primary N) is 1. The Morgan fingerprint density at radius 3 is 2.65 bits per heavy atom. The molecule has 2 aromatic rings. The zero-order chi connectivity index (χ0) is 14.8. The van der Waals surface area contributed by atoms with Crippen molar-refractivity contribution in [1.82, 2.24) is 0 Å². The molecule has 0 aliphatic carbocycles. The highest BCUT2D eigenvalue weighted by molar-refractivity contribution is 7.90. The maximum absolute atomic E-state index is 12.0. The summed E-state index contributed by atoms with van der Waals surface area (Å²) in [6.07, 6.45) is 1.12. The summed E-state index contributed by atoms with van der Waals surface area (Å²) in [4.78, 5) is 12.9. The lowest BCUT2D eigenvalue weighted by atomic mass is 10.2. The van der Waals surface area contributed by atoms with E-state index in [1.165, 1.54) is 23.5 Å². The van der Waals surface area contributed by atoms with Gasteiger partial charge in [0.25, 0.3) is 0 Å². The van der Waals surface area contributed by atoms with Crippen LogP contribution in [0.1, 0.15) is 10.9 Å². The van der Waals surface area contributed by atoms with Crippen LogP contribution in [0.3, 0.4) is 0 Å². The van der Waals surface area contributed by atoms with Gasteiger partial charge in [-0.25, -0.2) is 8.42 Å². The molecule has 106 valence electrons. The molecule has 1 aromatic heterocycles. The molecule has 0 aliphatic heterocycles. The van der Waals surface area contributed by atoms with Crippen molar-refractivity contribution in [3.8, 4) is 0 Å². The lowest BCUT2D eigenvalue weighted by Gasteiger charge is -2.11. The summed E-state index contributed by atoms with van der Waals surface area (Å²) in [5, 5.41) is 4.46. The molecule has 1 heterocycles. The van der Waals surface area contributed by atoms with Crippen molar-refractivity contribution in [3.05, 3.63) is 46.7 Å². The van der Waals surface area contributed by atoms with Gasteiger partial charge in [0.1, 0.15) is 6.04 Å². The molecule has 1 atom stereocenters. The Bertz CT molecular complexity index is 709. The Morgan fingerprint density at radius 2 is 2.05 bits per heavy atom. The number of anilines is 1. The third-order valence-corrected chi connectivity index (χ3v) is 4.73. The molecule has 1 amide bonds. The molecule has 0 spiro atoms. The van der Waals surface area contributed by atoms with Crippen molar-refractivity contribution in [2.45, 2.75) is 10.9 Å². The molecular formula is C13H14N2O3S2. The summed E-state index contributed by atoms with van der Waals surface area (Å²) < 4.78 is 22.9. The minimum Gasteiger partial charge on any atom is -0.324 e. The normalized spacial score (nSPS) is 12.9. The van der Waals surface area contributed by atoms with Crippen LogP contribution in [0.5, 0.6) is 0 Å². The van der Waals surface area contributed by atoms with Crippen LogP contribution in [-0.4, -0.2) is 20.6 Å². The second-order valence-electron chi connectivity index (χ2n) is 4.28. The fourth-order valence-corrected chi connectivity index (χ4v) is 3.01. The van der Waals surface area contributed by atoms with Crippen LogP contribution in [0.4, 0.5) is 5.69 Å². The maximum Gasteiger partial charge on any atom is 0.246 e. The van der Waals surface area contributed by atoms with Crippen LogP contribution in [0.15, 0.2) is 46.7 Å². The topological polar surface area (TPSA) is 89.3 Å². The van der Waals surface area contributed by atoms with Crippen molar-refractivity contribution >= 4 is 32.8 Å². The SMILES string of the molecule is CS(=O)(=O)c1cccc(NC(=O)C(N)c2cccs2)c1. The van der Waals surface area contributed by atoms with E-state index in [0.717, 1.165) is 11.1 Å². The van der Waals surface area contributed by atoms with E-state index >= 15 is 0 Å². The van der Waals surface area contributed by atoms with E-state index in [9.17, 15) is 13.2 Å². The average Bonchev–Trinajstić information content (AvgIpc) is 2.91. The summed E-state index contributed by atoms with van der Waals surface area (Å²) in [5.41, 5.74) is 6.24. The number of hydrogen-bond acceptors (Lipinski definition) is 5. The minimum absolute atomic E-state index is 0.153. The number of carbonyl (C=O) groups excluding carboxylic acids is 1. The van der Waals surface area contributed by atoms with Crippen LogP contribution in [0, 0.1) is 0 Å². The Hall–Kier alpha value is -1.70. The summed E-state index contributed by atoms with van der Waals surface area (Å²) >= 11 is 1.40. The van der Waals surface area contributed by atoms with Gasteiger partial charge in [0.2, 0.25) is 5.91 Å². The van der Waals surface area contributed by atoms with Crippen molar-refractivity contribution < 1.29 is 13.2 Å². The number of thiophene rings is 1. The zero-order valence-corrected chi connectivity index (χ0v) is 12.4. The molecule has 0 saturated heterocycles. The van der Waals surface area contributed by atoms with Gasteiger partial charge >= 0.3 is 0 Å². The van der Waals surface area contributed by atoms with Gasteiger partial charge in [0.05, 0.1) is 4.90 Å². The first kappa shape index (κ1) is 14.7. The van der Waals surface area contributed by atoms with Gasteiger partial charge in [-0.2, -0.15) is 0 Å². The highest BCUT2D eigenvalue weighted by Gasteiger charge is 2.17. The largest absolute Gasteiger partial charge is 0.324 e. The molecule has 1 unspecified atom stereocenters. The minimum atomic E-state index is -3.31. The van der Waals surface area contributed by atoms with Gasteiger partial charge in [-0.3, -0.25) is 4.79 Å². The van der Waals surface area contributed by atoms with Gasteiger partial charge in [0, 0.05) is 16.8 Å². The van der Waals surface area contributed by atoms with Gasteiger partial charge in [-0.05, 0) is 29.6 Å². The van der Waals surface area contributed by atoms with Gasteiger partial charge in [0.15, 0.2) is 9.84 Å². The van der Waals surface area contributed by atoms with Gasteiger partial charge in [-0.1, -0.05) is 12.1 Å². The lowest BCUT2D eigenvalue weighted by molar-refractivity contribution is -0.117. The summed E-state index contributed by atoms with van der Waals surface area (Å²) in [6, 6.07) is 8.91. The Labute approximate surface area is 121 Å². The Morgan fingerprint density at radius 1 is 1.30 bits per heavy atom. The third-order valence-electron chi connectivity index (χ3n) is 2.66. The lowest BCUT2D eigenvalue weighted by Crippen LogP contribution is -2.27. The van der Waals surface area contributed by atoms with Crippen molar-refractivity contribution in [3.63, 3.8) is 0 Å². The van der Waals surface area contributed by atoms with Gasteiger partial charge < -0.3 is 11.1 Å². The zero-order valence-electron chi connectivity index (χ0n) is 10.7. The number of amides is 1. The van der Waals surface area contributed by atoms with Crippen molar-refractivity contribution in [2.24, 2.45) is 5.73 Å².